The summed E-state index contributed by atoms with van der Waals surface area (Å²) in [5.41, 5.74) is 0.257. The van der Waals surface area contributed by atoms with Crippen LogP contribution >= 0.6 is 11.3 Å². The van der Waals surface area contributed by atoms with Crippen molar-refractivity contribution in [2.45, 2.75) is 37.3 Å². The van der Waals surface area contributed by atoms with Crippen LogP contribution in [0.1, 0.15) is 27.2 Å². The number of alkyl halides is 4. The summed E-state index contributed by atoms with van der Waals surface area (Å²) in [4.78, 5) is 16.9. The van der Waals surface area contributed by atoms with E-state index in [9.17, 15) is 27.5 Å². The van der Waals surface area contributed by atoms with E-state index in [1.165, 1.54) is 7.05 Å². The monoisotopic (exact) mass is 665 g/mol. The Morgan fingerprint density at radius 2 is 2.09 bits per heavy atom. The molecule has 1 fully saturated rings. The summed E-state index contributed by atoms with van der Waals surface area (Å²) in [6.45, 7) is 6.61. The van der Waals surface area contributed by atoms with Crippen molar-refractivity contribution in [1.82, 2.24) is 10.2 Å². The number of nitrogens with zero attached hydrogens (tertiary/aromatic N) is 2. The van der Waals surface area contributed by atoms with Crippen molar-refractivity contribution in [2.24, 2.45) is 0 Å². The number of anilines is 2. The number of benzene rings is 2. The van der Waals surface area contributed by atoms with Gasteiger partial charge in [-0.15, -0.1) is 11.3 Å². The highest BCUT2D eigenvalue weighted by Crippen LogP contribution is 2.39. The SMILES string of the molecule is [C-]#[N+]COc1cc(C(=O)NC)c(F)cc1NCC#Cc1sc2c(NC3CCN(CC(O)CO)CC3F)cccc2c1CC(F)(F)F. The maximum Gasteiger partial charge on any atom is 0.393 e. The summed E-state index contributed by atoms with van der Waals surface area (Å²) in [7, 11) is 1.33. The van der Waals surface area contributed by atoms with E-state index in [1.807, 2.05) is 0 Å². The lowest BCUT2D eigenvalue weighted by atomic mass is 10.0. The van der Waals surface area contributed by atoms with Crippen LogP contribution in [0, 0.1) is 24.2 Å². The quantitative estimate of drug-likeness (QED) is 0.117. The zero-order valence-electron chi connectivity index (χ0n) is 24.7. The maximum absolute atomic E-state index is 15.1. The van der Waals surface area contributed by atoms with Crippen LogP contribution in [0.3, 0.4) is 0 Å². The fourth-order valence-corrected chi connectivity index (χ4v) is 6.27. The number of aliphatic hydroxyl groups excluding tert-OH is 2. The summed E-state index contributed by atoms with van der Waals surface area (Å²) in [5.74, 6) is 4.02. The molecule has 2 aromatic carbocycles. The molecule has 46 heavy (non-hydrogen) atoms. The Kier molecular flexibility index (Phi) is 11.6. The van der Waals surface area contributed by atoms with Gasteiger partial charge < -0.3 is 30.9 Å². The number of ether oxygens (including phenoxy) is 1. The van der Waals surface area contributed by atoms with E-state index in [4.69, 9.17) is 16.4 Å². The van der Waals surface area contributed by atoms with Crippen LogP contribution in [0.25, 0.3) is 14.9 Å². The van der Waals surface area contributed by atoms with Crippen molar-refractivity contribution in [3.05, 3.63) is 63.6 Å². The largest absolute Gasteiger partial charge is 0.424 e. The molecular formula is C31H32F5N5O4S. The highest BCUT2D eigenvalue weighted by molar-refractivity contribution is 7.20. The second kappa shape index (κ2) is 15.4. The fourth-order valence-electron chi connectivity index (χ4n) is 5.10. The van der Waals surface area contributed by atoms with Crippen molar-refractivity contribution >= 4 is 38.7 Å². The van der Waals surface area contributed by atoms with Gasteiger partial charge in [-0.2, -0.15) is 13.2 Å². The smallest absolute Gasteiger partial charge is 0.393 e. The highest BCUT2D eigenvalue weighted by atomic mass is 32.1. The molecule has 1 saturated heterocycles. The van der Waals surface area contributed by atoms with Gasteiger partial charge in [-0.25, -0.2) is 15.4 Å². The molecule has 1 aliphatic rings. The normalized spacial score (nSPS) is 17.5. The van der Waals surface area contributed by atoms with E-state index in [1.54, 1.807) is 23.1 Å². The molecule has 3 aromatic rings. The first kappa shape index (κ1) is 34.7. The lowest BCUT2D eigenvalue weighted by Gasteiger charge is -2.36. The molecule has 3 unspecified atom stereocenters. The number of carbonyl (C=O) groups is 1. The van der Waals surface area contributed by atoms with Crippen LogP contribution in [0.5, 0.6) is 5.75 Å². The molecule has 15 heteroatoms. The molecule has 0 aliphatic carbocycles. The highest BCUT2D eigenvalue weighted by Gasteiger charge is 2.33. The van der Waals surface area contributed by atoms with Crippen LogP contribution in [0.15, 0.2) is 30.3 Å². The second-order valence-electron chi connectivity index (χ2n) is 10.5. The average molecular weight is 666 g/mol. The number of piperidine rings is 1. The third-order valence-corrected chi connectivity index (χ3v) is 8.43. The van der Waals surface area contributed by atoms with Crippen LogP contribution in [-0.4, -0.2) is 92.1 Å². The van der Waals surface area contributed by atoms with Gasteiger partial charge in [-0.05, 0) is 29.5 Å². The van der Waals surface area contributed by atoms with Gasteiger partial charge in [-0.1, -0.05) is 24.0 Å². The number of aliphatic hydroxyl groups is 2. The number of β-amino-alcohol motifs (C(OH)–C–C–N with tert-alkyl or cyclic N) is 1. The van der Waals surface area contributed by atoms with Crippen LogP contribution in [0.4, 0.5) is 33.3 Å². The Bertz CT molecular complexity index is 1650. The van der Waals surface area contributed by atoms with E-state index < -0.39 is 56.0 Å². The Balaban J connectivity index is 1.58. The standard InChI is InChI=1S/C31H32F5N5O4S/c1-37-17-45-27-11-20(30(44)38-2)22(32)12-26(27)39-9-4-7-28-21(13-31(34,35)36)19-5-3-6-25(29(19)46-28)40-24-8-10-41(15-23(24)33)14-18(43)16-42/h3,5-6,11-12,18,23-24,39-40,42-43H,8-10,13-17H2,2H3,(H,38,44). The number of fused-ring (bicyclic) bond motifs is 1. The Morgan fingerprint density at radius 1 is 1.30 bits per heavy atom. The summed E-state index contributed by atoms with van der Waals surface area (Å²) >= 11 is 1.04. The molecule has 0 saturated carbocycles. The minimum Gasteiger partial charge on any atom is -0.424 e. The predicted molar refractivity (Wildman–Crippen MR) is 165 cm³/mol. The first-order valence-corrected chi connectivity index (χ1v) is 15.0. The number of nitrogens with one attached hydrogen (secondary N) is 3. The Labute approximate surface area is 266 Å². The van der Waals surface area contributed by atoms with Gasteiger partial charge in [0.05, 0.1) is 58.2 Å². The second-order valence-corrected chi connectivity index (χ2v) is 11.6. The van der Waals surface area contributed by atoms with Gasteiger partial charge in [0.15, 0.2) is 5.75 Å². The number of likely N-dealkylation sites (tertiary alicyclic amines) is 1. The lowest BCUT2D eigenvalue weighted by molar-refractivity contribution is -0.126. The van der Waals surface area contributed by atoms with E-state index in [2.05, 4.69) is 32.6 Å². The van der Waals surface area contributed by atoms with Crippen molar-refractivity contribution < 1.29 is 41.7 Å². The Morgan fingerprint density at radius 3 is 2.76 bits per heavy atom. The zero-order valence-corrected chi connectivity index (χ0v) is 25.5. The maximum atomic E-state index is 15.1. The van der Waals surface area contributed by atoms with Crippen LogP contribution in [-0.2, 0) is 6.42 Å². The number of halogens is 5. The number of hydrogen-bond acceptors (Lipinski definition) is 8. The molecule has 1 aliphatic heterocycles. The summed E-state index contributed by atoms with van der Waals surface area (Å²) < 4.78 is 76.5. The minimum absolute atomic E-state index is 0.0182. The molecule has 0 radical (unpaired) electrons. The van der Waals surface area contributed by atoms with Crippen LogP contribution < -0.4 is 20.7 Å². The topological polar surface area (TPSA) is 110 Å². The molecule has 5 N–H and O–H groups in total. The van der Waals surface area contributed by atoms with Crippen molar-refractivity contribution in [2.75, 3.05) is 57.2 Å². The molecule has 3 atom stereocenters. The fraction of sp³-hybridized carbons (Fsp3) is 0.419. The van der Waals surface area contributed by atoms with Gasteiger partial charge >= 0.3 is 12.9 Å². The number of amides is 1. The van der Waals surface area contributed by atoms with Crippen molar-refractivity contribution in [3.8, 4) is 17.6 Å². The van der Waals surface area contributed by atoms with Crippen LogP contribution in [0.2, 0.25) is 0 Å². The number of carbonyl (C=O) groups excluding carboxylic acids is 1. The van der Waals surface area contributed by atoms with E-state index in [0.29, 0.717) is 28.7 Å². The van der Waals surface area contributed by atoms with Gasteiger partial charge in [-0.3, -0.25) is 14.5 Å². The van der Waals surface area contributed by atoms with Gasteiger partial charge in [0.2, 0.25) is 0 Å². The first-order valence-electron chi connectivity index (χ1n) is 14.2. The predicted octanol–water partition coefficient (Wildman–Crippen LogP) is 4.40. The van der Waals surface area contributed by atoms with Gasteiger partial charge in [0.25, 0.3) is 5.91 Å². The molecule has 4 rings (SSSR count). The van der Waals surface area contributed by atoms with Crippen molar-refractivity contribution in [3.63, 3.8) is 0 Å². The third-order valence-electron chi connectivity index (χ3n) is 7.24. The molecule has 9 nitrogen and oxygen atoms in total. The van der Waals surface area contributed by atoms with Crippen molar-refractivity contribution in [1.29, 1.82) is 0 Å². The van der Waals surface area contributed by atoms with Gasteiger partial charge in [0.1, 0.15) is 12.0 Å². The summed E-state index contributed by atoms with van der Waals surface area (Å²) in [5, 5.41) is 27.4. The average Bonchev–Trinajstić information content (AvgIpc) is 3.36. The third kappa shape index (κ3) is 8.76. The van der Waals surface area contributed by atoms with E-state index in [0.717, 1.165) is 23.5 Å². The molecule has 1 aromatic heterocycles. The lowest BCUT2D eigenvalue weighted by Crippen LogP contribution is -2.50. The summed E-state index contributed by atoms with van der Waals surface area (Å²) in [6, 6.07) is 6.36. The van der Waals surface area contributed by atoms with E-state index >= 15 is 4.39 Å². The summed E-state index contributed by atoms with van der Waals surface area (Å²) in [6.07, 6.45) is -7.68. The van der Waals surface area contributed by atoms with E-state index in [-0.39, 0.29) is 47.1 Å². The molecular weight excluding hydrogens is 633 g/mol. The first-order chi connectivity index (χ1) is 21.9. The minimum atomic E-state index is -4.53. The molecule has 246 valence electrons. The van der Waals surface area contributed by atoms with Gasteiger partial charge in [0, 0.05) is 32.7 Å². The number of rotatable bonds is 11. The number of thiophene rings is 1. The molecule has 0 bridgehead atoms. The zero-order chi connectivity index (χ0) is 33.4. The Hall–Kier alpha value is -4.15. The molecule has 1 amide bonds. The molecule has 2 heterocycles. The number of hydrogen-bond donors (Lipinski definition) is 5. The molecule has 0 spiro atoms.